The van der Waals surface area contributed by atoms with E-state index < -0.39 is 0 Å². The van der Waals surface area contributed by atoms with Crippen molar-refractivity contribution in [3.8, 4) is 0 Å². The molecule has 0 aliphatic heterocycles. The van der Waals surface area contributed by atoms with Crippen LogP contribution in [0.1, 0.15) is 21.5 Å². The third kappa shape index (κ3) is 3.19. The molecule has 0 radical (unpaired) electrons. The van der Waals surface area contributed by atoms with Gasteiger partial charge in [-0.1, -0.05) is 18.2 Å². The van der Waals surface area contributed by atoms with Crippen molar-refractivity contribution in [3.63, 3.8) is 0 Å². The van der Waals surface area contributed by atoms with Crippen molar-refractivity contribution < 1.29 is 4.79 Å². The minimum absolute atomic E-state index is 0.187. The Morgan fingerprint density at radius 3 is 2.42 bits per heavy atom. The molecule has 0 bridgehead atoms. The Labute approximate surface area is 127 Å². The smallest absolute Gasteiger partial charge is 0.257 e. The van der Waals surface area contributed by atoms with Crippen LogP contribution in [0.25, 0.3) is 0 Å². The molecule has 1 aromatic heterocycles. The van der Waals surface area contributed by atoms with Crippen LogP contribution in [0.2, 0.25) is 0 Å². The Kier molecular flexibility index (Phi) is 4.31. The van der Waals surface area contributed by atoms with Gasteiger partial charge >= 0.3 is 0 Å². The quantitative estimate of drug-likeness (QED) is 0.854. The highest BCUT2D eigenvalue weighted by atomic mass is 79.9. The lowest BCUT2D eigenvalue weighted by atomic mass is 10.0. The van der Waals surface area contributed by atoms with E-state index in [9.17, 15) is 4.79 Å². The van der Waals surface area contributed by atoms with Gasteiger partial charge in [0.25, 0.3) is 5.91 Å². The first kappa shape index (κ1) is 14.1. The maximum atomic E-state index is 12.3. The number of rotatable bonds is 2. The standard InChI is InChI=1S/C13H11Br2N3O/c1-7-4-3-5-8(2)10(7)13(19)18-12-11(15)17-9(14)6-16-12/h3-6H,1-2H3,(H,16,18,19). The van der Waals surface area contributed by atoms with Crippen molar-refractivity contribution >= 4 is 43.6 Å². The first-order valence-corrected chi connectivity index (χ1v) is 7.13. The van der Waals surface area contributed by atoms with Crippen LogP contribution in [0, 0.1) is 13.8 Å². The number of carbonyl (C=O) groups is 1. The molecule has 0 unspecified atom stereocenters. The molecular formula is C13H11Br2N3O. The van der Waals surface area contributed by atoms with Crippen LogP contribution in [-0.4, -0.2) is 15.9 Å². The number of nitrogens with zero attached hydrogens (tertiary/aromatic N) is 2. The van der Waals surface area contributed by atoms with Crippen LogP contribution >= 0.6 is 31.9 Å². The fourth-order valence-electron chi connectivity index (χ4n) is 1.77. The Morgan fingerprint density at radius 2 is 1.84 bits per heavy atom. The van der Waals surface area contributed by atoms with Crippen LogP contribution in [0.4, 0.5) is 5.82 Å². The summed E-state index contributed by atoms with van der Waals surface area (Å²) in [6.07, 6.45) is 1.53. The van der Waals surface area contributed by atoms with Gasteiger partial charge in [0.05, 0.1) is 6.20 Å². The van der Waals surface area contributed by atoms with E-state index in [0.717, 1.165) is 11.1 Å². The third-order valence-electron chi connectivity index (χ3n) is 2.64. The minimum Gasteiger partial charge on any atom is -0.304 e. The lowest BCUT2D eigenvalue weighted by Gasteiger charge is -2.10. The maximum Gasteiger partial charge on any atom is 0.257 e. The molecule has 0 saturated carbocycles. The number of benzene rings is 1. The summed E-state index contributed by atoms with van der Waals surface area (Å²) < 4.78 is 1.09. The second-order valence-electron chi connectivity index (χ2n) is 4.05. The van der Waals surface area contributed by atoms with Gasteiger partial charge in [0.2, 0.25) is 0 Å². The summed E-state index contributed by atoms with van der Waals surface area (Å²) in [4.78, 5) is 20.5. The molecule has 1 aromatic carbocycles. The van der Waals surface area contributed by atoms with Gasteiger partial charge in [0.15, 0.2) is 5.82 Å². The van der Waals surface area contributed by atoms with E-state index in [1.807, 2.05) is 32.0 Å². The van der Waals surface area contributed by atoms with Gasteiger partial charge in [-0.15, -0.1) is 0 Å². The van der Waals surface area contributed by atoms with Crippen molar-refractivity contribution in [2.45, 2.75) is 13.8 Å². The monoisotopic (exact) mass is 383 g/mol. The van der Waals surface area contributed by atoms with E-state index in [4.69, 9.17) is 0 Å². The molecule has 2 rings (SSSR count). The fraction of sp³-hybridized carbons (Fsp3) is 0.154. The van der Waals surface area contributed by atoms with Crippen LogP contribution in [-0.2, 0) is 0 Å². The second kappa shape index (κ2) is 5.79. The van der Waals surface area contributed by atoms with Gasteiger partial charge in [-0.3, -0.25) is 4.79 Å². The van der Waals surface area contributed by atoms with E-state index in [2.05, 4.69) is 47.1 Å². The molecule has 0 atom stereocenters. The number of nitrogens with one attached hydrogen (secondary N) is 1. The van der Waals surface area contributed by atoms with Gasteiger partial charge in [0, 0.05) is 5.56 Å². The zero-order valence-corrected chi connectivity index (χ0v) is 13.5. The summed E-state index contributed by atoms with van der Waals surface area (Å²) in [6.45, 7) is 3.81. The SMILES string of the molecule is Cc1cccc(C)c1C(=O)Nc1ncc(Br)nc1Br. The van der Waals surface area contributed by atoms with Crippen molar-refractivity contribution in [2.24, 2.45) is 0 Å². The van der Waals surface area contributed by atoms with Crippen molar-refractivity contribution in [3.05, 3.63) is 50.3 Å². The summed E-state index contributed by atoms with van der Waals surface area (Å²) in [7, 11) is 0. The molecule has 0 aliphatic rings. The van der Waals surface area contributed by atoms with Gasteiger partial charge in [0.1, 0.15) is 9.21 Å². The first-order chi connectivity index (χ1) is 8.99. The van der Waals surface area contributed by atoms with Crippen LogP contribution in [0.3, 0.4) is 0 Å². The number of hydrogen-bond acceptors (Lipinski definition) is 3. The molecule has 1 heterocycles. The van der Waals surface area contributed by atoms with Crippen molar-refractivity contribution in [1.29, 1.82) is 0 Å². The molecule has 0 aliphatic carbocycles. The first-order valence-electron chi connectivity index (χ1n) is 5.54. The number of anilines is 1. The lowest BCUT2D eigenvalue weighted by molar-refractivity contribution is 0.102. The average Bonchev–Trinajstić information content (AvgIpc) is 2.32. The fourth-order valence-corrected chi connectivity index (χ4v) is 2.68. The van der Waals surface area contributed by atoms with Gasteiger partial charge in [-0.2, -0.15) is 0 Å². The number of aryl methyl sites for hydroxylation is 2. The van der Waals surface area contributed by atoms with E-state index in [1.54, 1.807) is 0 Å². The Morgan fingerprint density at radius 1 is 1.21 bits per heavy atom. The predicted molar refractivity (Wildman–Crippen MR) is 81.3 cm³/mol. The zero-order valence-electron chi connectivity index (χ0n) is 10.4. The molecule has 0 saturated heterocycles. The van der Waals surface area contributed by atoms with Crippen molar-refractivity contribution in [1.82, 2.24) is 9.97 Å². The topological polar surface area (TPSA) is 54.9 Å². The number of carbonyl (C=O) groups excluding carboxylic acids is 1. The van der Waals surface area contributed by atoms with Gasteiger partial charge < -0.3 is 5.32 Å². The number of hydrogen-bond donors (Lipinski definition) is 1. The van der Waals surface area contributed by atoms with Gasteiger partial charge in [-0.25, -0.2) is 9.97 Å². The van der Waals surface area contributed by atoms with E-state index in [-0.39, 0.29) is 5.91 Å². The maximum absolute atomic E-state index is 12.3. The molecule has 0 spiro atoms. The van der Waals surface area contributed by atoms with Gasteiger partial charge in [-0.05, 0) is 56.8 Å². The Bertz CT molecular complexity index is 624. The largest absolute Gasteiger partial charge is 0.304 e. The molecule has 1 amide bonds. The highest BCUT2D eigenvalue weighted by Gasteiger charge is 2.14. The van der Waals surface area contributed by atoms with Crippen LogP contribution in [0.5, 0.6) is 0 Å². The molecule has 19 heavy (non-hydrogen) atoms. The lowest BCUT2D eigenvalue weighted by Crippen LogP contribution is -2.16. The third-order valence-corrected chi connectivity index (χ3v) is 3.58. The molecular weight excluding hydrogens is 374 g/mol. The second-order valence-corrected chi connectivity index (χ2v) is 5.62. The zero-order chi connectivity index (χ0) is 14.0. The van der Waals surface area contributed by atoms with Crippen molar-refractivity contribution in [2.75, 3.05) is 5.32 Å². The Balaban J connectivity index is 2.31. The number of amides is 1. The highest BCUT2D eigenvalue weighted by Crippen LogP contribution is 2.21. The summed E-state index contributed by atoms with van der Waals surface area (Å²) in [6, 6.07) is 5.74. The summed E-state index contributed by atoms with van der Waals surface area (Å²) in [5, 5.41) is 2.76. The molecule has 1 N–H and O–H groups in total. The number of halogens is 2. The summed E-state index contributed by atoms with van der Waals surface area (Å²) in [5.41, 5.74) is 2.52. The minimum atomic E-state index is -0.187. The predicted octanol–water partition coefficient (Wildman–Crippen LogP) is 3.87. The van der Waals surface area contributed by atoms with E-state index in [0.29, 0.717) is 20.6 Å². The van der Waals surface area contributed by atoms with Crippen LogP contribution < -0.4 is 5.32 Å². The van der Waals surface area contributed by atoms with E-state index in [1.165, 1.54) is 6.20 Å². The summed E-state index contributed by atoms with van der Waals surface area (Å²) >= 11 is 6.48. The average molecular weight is 385 g/mol. The normalized spacial score (nSPS) is 10.3. The molecule has 98 valence electrons. The molecule has 6 heteroatoms. The summed E-state index contributed by atoms with van der Waals surface area (Å²) in [5.74, 6) is 0.212. The molecule has 0 fully saturated rings. The van der Waals surface area contributed by atoms with Crippen LogP contribution in [0.15, 0.2) is 33.6 Å². The Hall–Kier alpha value is -1.27. The highest BCUT2D eigenvalue weighted by molar-refractivity contribution is 9.11. The molecule has 4 nitrogen and oxygen atoms in total. The molecule has 2 aromatic rings. The van der Waals surface area contributed by atoms with E-state index >= 15 is 0 Å². The number of aromatic nitrogens is 2.